The van der Waals surface area contributed by atoms with Crippen LogP contribution in [0.3, 0.4) is 0 Å². The number of ether oxygens (including phenoxy) is 1. The molecule has 2 saturated heterocycles. The highest BCUT2D eigenvalue weighted by Gasteiger charge is 2.42. The van der Waals surface area contributed by atoms with Crippen molar-refractivity contribution in [2.24, 2.45) is 0 Å². The number of halogens is 1. The Hall–Kier alpha value is -3.26. The van der Waals surface area contributed by atoms with Crippen LogP contribution in [-0.2, 0) is 11.3 Å². The maximum Gasteiger partial charge on any atom is 0.337 e. The Morgan fingerprint density at radius 2 is 1.94 bits per heavy atom. The highest BCUT2D eigenvalue weighted by Crippen LogP contribution is 2.45. The number of aryl methyl sites for hydroxylation is 1. The molecule has 0 amide bonds. The van der Waals surface area contributed by atoms with Gasteiger partial charge in [0.25, 0.3) is 0 Å². The molecule has 4 heterocycles. The van der Waals surface area contributed by atoms with E-state index in [1.54, 1.807) is 19.1 Å². The fourth-order valence-electron chi connectivity index (χ4n) is 5.75. The first-order valence-electron chi connectivity index (χ1n) is 12.3. The molecule has 0 spiro atoms. The summed E-state index contributed by atoms with van der Waals surface area (Å²) in [5.74, 6) is 0.859. The molecule has 2 bridgehead atoms. The quantitative estimate of drug-likeness (QED) is 0.482. The number of rotatable bonds is 7. The van der Waals surface area contributed by atoms with E-state index in [1.807, 2.05) is 12.1 Å². The fourth-order valence-corrected chi connectivity index (χ4v) is 5.75. The van der Waals surface area contributed by atoms with E-state index < -0.39 is 5.97 Å². The summed E-state index contributed by atoms with van der Waals surface area (Å²) in [5, 5.41) is 13.6. The van der Waals surface area contributed by atoms with Crippen LogP contribution < -0.4 is 4.90 Å². The van der Waals surface area contributed by atoms with Crippen LogP contribution >= 0.6 is 0 Å². The summed E-state index contributed by atoms with van der Waals surface area (Å²) in [7, 11) is 0. The van der Waals surface area contributed by atoms with E-state index in [9.17, 15) is 14.3 Å². The fraction of sp³-hybridized carbons (Fsp3) is 0.444. The molecule has 1 unspecified atom stereocenters. The number of nitrogens with zero attached hydrogens (tertiary/aromatic N) is 3. The third-order valence-corrected chi connectivity index (χ3v) is 7.58. The zero-order valence-corrected chi connectivity index (χ0v) is 19.6. The average molecular weight is 478 g/mol. The van der Waals surface area contributed by atoms with Gasteiger partial charge in [0.1, 0.15) is 23.1 Å². The zero-order valence-electron chi connectivity index (χ0n) is 19.6. The van der Waals surface area contributed by atoms with Gasteiger partial charge in [0.05, 0.1) is 24.0 Å². The topological polar surface area (TPSA) is 88.7 Å². The van der Waals surface area contributed by atoms with Gasteiger partial charge < -0.3 is 19.3 Å². The van der Waals surface area contributed by atoms with Gasteiger partial charge in [0, 0.05) is 29.1 Å². The summed E-state index contributed by atoms with van der Waals surface area (Å²) >= 11 is 0. The van der Waals surface area contributed by atoms with Gasteiger partial charge in [-0.25, -0.2) is 14.2 Å². The Bertz CT molecular complexity index is 1260. The van der Waals surface area contributed by atoms with Crippen LogP contribution in [0, 0.1) is 12.7 Å². The molecule has 3 aliphatic rings. The lowest BCUT2D eigenvalue weighted by atomic mass is 9.99. The first-order chi connectivity index (χ1) is 17.0. The minimum Gasteiger partial charge on any atom is -0.478 e. The largest absolute Gasteiger partial charge is 0.478 e. The zero-order chi connectivity index (χ0) is 24.1. The molecule has 2 aliphatic heterocycles. The van der Waals surface area contributed by atoms with Crippen molar-refractivity contribution in [2.75, 3.05) is 4.90 Å². The molecule has 7 nitrogen and oxygen atoms in total. The van der Waals surface area contributed by atoms with Crippen LogP contribution in [0.2, 0.25) is 0 Å². The molecule has 8 heteroatoms. The highest BCUT2D eigenvalue weighted by atomic mass is 19.1. The van der Waals surface area contributed by atoms with E-state index in [0.29, 0.717) is 41.6 Å². The first kappa shape index (κ1) is 22.2. The lowest BCUT2D eigenvalue weighted by Gasteiger charge is -2.39. The third kappa shape index (κ3) is 4.20. The normalized spacial score (nSPS) is 23.6. The number of piperidine rings is 1. The monoisotopic (exact) mass is 477 g/mol. The van der Waals surface area contributed by atoms with E-state index in [1.165, 1.54) is 12.1 Å². The molecule has 35 heavy (non-hydrogen) atoms. The Kier molecular flexibility index (Phi) is 5.56. The average Bonchev–Trinajstić information content (AvgIpc) is 3.53. The minimum atomic E-state index is -0.950. The second-order valence-corrected chi connectivity index (χ2v) is 9.96. The van der Waals surface area contributed by atoms with Crippen LogP contribution in [0.4, 0.5) is 10.2 Å². The van der Waals surface area contributed by atoms with Gasteiger partial charge in [-0.1, -0.05) is 17.3 Å². The molecule has 182 valence electrons. The van der Waals surface area contributed by atoms with Crippen LogP contribution in [0.25, 0.3) is 11.3 Å². The van der Waals surface area contributed by atoms with Crippen molar-refractivity contribution < 1.29 is 23.6 Å². The molecule has 0 radical (unpaired) electrons. The van der Waals surface area contributed by atoms with Crippen LogP contribution in [0.1, 0.15) is 71.8 Å². The number of pyridine rings is 1. The van der Waals surface area contributed by atoms with Gasteiger partial charge in [-0.2, -0.15) is 0 Å². The van der Waals surface area contributed by atoms with Crippen LogP contribution in [-0.4, -0.2) is 39.4 Å². The van der Waals surface area contributed by atoms with E-state index in [2.05, 4.69) is 15.0 Å². The summed E-state index contributed by atoms with van der Waals surface area (Å²) in [6.07, 6.45) is 6.18. The summed E-state index contributed by atoms with van der Waals surface area (Å²) < 4.78 is 26.0. The van der Waals surface area contributed by atoms with Gasteiger partial charge in [-0.15, -0.1) is 0 Å². The Balaban J connectivity index is 1.18. The second-order valence-electron chi connectivity index (χ2n) is 9.96. The predicted molar refractivity (Wildman–Crippen MR) is 127 cm³/mol. The van der Waals surface area contributed by atoms with Gasteiger partial charge in [0.2, 0.25) is 0 Å². The molecule has 1 N–H and O–H groups in total. The number of aromatic nitrogens is 2. The van der Waals surface area contributed by atoms with Gasteiger partial charge >= 0.3 is 5.97 Å². The number of aromatic carboxylic acids is 1. The number of hydrogen-bond donors (Lipinski definition) is 1. The third-order valence-electron chi connectivity index (χ3n) is 7.58. The van der Waals surface area contributed by atoms with E-state index in [0.717, 1.165) is 55.7 Å². The molecule has 6 rings (SSSR count). The number of carbonyl (C=O) groups is 1. The van der Waals surface area contributed by atoms with Gasteiger partial charge in [0.15, 0.2) is 0 Å². The van der Waals surface area contributed by atoms with Crippen molar-refractivity contribution in [1.82, 2.24) is 10.1 Å². The smallest absolute Gasteiger partial charge is 0.337 e. The molecular formula is C27H28FN3O4. The highest BCUT2D eigenvalue weighted by molar-refractivity contribution is 5.89. The SMILES string of the molecule is Cc1nc(N2[C@@H]3CC[C@H]2CC(OCc2c(-c4cccc(F)c4)noc2C2CC2)C3)ccc1C(=O)O. The molecule has 3 atom stereocenters. The number of hydrogen-bond acceptors (Lipinski definition) is 6. The second kappa shape index (κ2) is 8.75. The molecule has 3 fully saturated rings. The molecule has 1 saturated carbocycles. The van der Waals surface area contributed by atoms with Gasteiger partial charge in [-0.05, 0) is 69.7 Å². The molecule has 1 aromatic carbocycles. The van der Waals surface area contributed by atoms with E-state index >= 15 is 0 Å². The predicted octanol–water partition coefficient (Wildman–Crippen LogP) is 5.48. The number of carboxylic acids is 1. The Morgan fingerprint density at radius 1 is 1.17 bits per heavy atom. The maximum atomic E-state index is 13.9. The first-order valence-corrected chi connectivity index (χ1v) is 12.3. The van der Waals surface area contributed by atoms with E-state index in [-0.39, 0.29) is 17.5 Å². The van der Waals surface area contributed by atoms with Crippen molar-refractivity contribution in [1.29, 1.82) is 0 Å². The van der Waals surface area contributed by atoms with Crippen molar-refractivity contribution >= 4 is 11.8 Å². The summed E-state index contributed by atoms with van der Waals surface area (Å²) in [5.41, 5.74) is 3.10. The van der Waals surface area contributed by atoms with Crippen molar-refractivity contribution in [2.45, 2.75) is 76.2 Å². The summed E-state index contributed by atoms with van der Waals surface area (Å²) in [6, 6.07) is 10.6. The molecule has 3 aromatic rings. The summed E-state index contributed by atoms with van der Waals surface area (Å²) in [4.78, 5) is 18.3. The molecular weight excluding hydrogens is 449 g/mol. The number of benzene rings is 1. The van der Waals surface area contributed by atoms with Crippen LogP contribution in [0.15, 0.2) is 40.9 Å². The lowest BCUT2D eigenvalue weighted by molar-refractivity contribution is 0.0146. The summed E-state index contributed by atoms with van der Waals surface area (Å²) in [6.45, 7) is 2.15. The van der Waals surface area contributed by atoms with Crippen LogP contribution in [0.5, 0.6) is 0 Å². The minimum absolute atomic E-state index is 0.102. The Labute approximate surface area is 202 Å². The molecule has 1 aliphatic carbocycles. The van der Waals surface area contributed by atoms with Crippen molar-refractivity contribution in [3.8, 4) is 11.3 Å². The van der Waals surface area contributed by atoms with Gasteiger partial charge in [-0.3, -0.25) is 0 Å². The number of anilines is 1. The van der Waals surface area contributed by atoms with Crippen molar-refractivity contribution in [3.63, 3.8) is 0 Å². The number of fused-ring (bicyclic) bond motifs is 2. The molecule has 2 aromatic heterocycles. The van der Waals surface area contributed by atoms with E-state index in [4.69, 9.17) is 9.26 Å². The lowest BCUT2D eigenvalue weighted by Crippen LogP contribution is -2.46. The number of carboxylic acid groups (broad SMARTS) is 1. The standard InChI is InChI=1S/C27H28FN3O4/c1-15-22(27(32)33)9-10-24(29-15)31-19-7-8-20(31)13-21(12-19)34-14-23-25(17-3-2-4-18(28)11-17)30-35-26(23)16-5-6-16/h2-4,9-11,16,19-21H,5-8,12-14H2,1H3,(H,32,33)/t19-,20+,21?. The maximum absolute atomic E-state index is 13.9. The van der Waals surface area contributed by atoms with Crippen molar-refractivity contribution in [3.05, 3.63) is 64.8 Å². The Morgan fingerprint density at radius 3 is 2.60 bits per heavy atom.